The Kier molecular flexibility index (Phi) is 2.32. The minimum absolute atomic E-state index is 0.220. The van der Waals surface area contributed by atoms with Crippen molar-refractivity contribution in [3.8, 4) is 0 Å². The van der Waals surface area contributed by atoms with Crippen LogP contribution in [0.4, 0.5) is 4.79 Å². The van der Waals surface area contributed by atoms with Gasteiger partial charge in [-0.15, -0.1) is 0 Å². The molecule has 0 aromatic heterocycles. The van der Waals surface area contributed by atoms with Crippen molar-refractivity contribution in [3.63, 3.8) is 0 Å². The SMILES string of the molecule is COC(=O)C1=CN(C)C(=O)NC1. The van der Waals surface area contributed by atoms with Crippen molar-refractivity contribution in [2.45, 2.75) is 0 Å². The molecule has 0 spiro atoms. The molecule has 0 unspecified atom stereocenters. The Bertz CT molecular complexity index is 247. The molecule has 0 aromatic rings. The number of hydrogen-bond acceptors (Lipinski definition) is 3. The van der Waals surface area contributed by atoms with Crippen molar-refractivity contribution in [2.75, 3.05) is 20.7 Å². The number of carbonyl (C=O) groups excluding carboxylic acids is 2. The lowest BCUT2D eigenvalue weighted by Gasteiger charge is -2.20. The zero-order chi connectivity index (χ0) is 9.14. The minimum atomic E-state index is -0.415. The second kappa shape index (κ2) is 3.25. The van der Waals surface area contributed by atoms with Crippen LogP contribution in [-0.4, -0.2) is 37.6 Å². The largest absolute Gasteiger partial charge is 0.466 e. The number of nitrogens with zero attached hydrogens (tertiary/aromatic N) is 1. The summed E-state index contributed by atoms with van der Waals surface area (Å²) in [6.07, 6.45) is 1.46. The molecule has 1 N–H and O–H groups in total. The van der Waals surface area contributed by atoms with Crippen LogP contribution in [0.15, 0.2) is 11.8 Å². The van der Waals surface area contributed by atoms with Gasteiger partial charge >= 0.3 is 12.0 Å². The lowest BCUT2D eigenvalue weighted by atomic mass is 10.2. The molecule has 1 aliphatic heterocycles. The molecule has 1 rings (SSSR count). The third-order valence-electron chi connectivity index (χ3n) is 1.55. The number of esters is 1. The third kappa shape index (κ3) is 1.55. The van der Waals surface area contributed by atoms with E-state index in [1.807, 2.05) is 0 Å². The first-order chi connectivity index (χ1) is 5.65. The van der Waals surface area contributed by atoms with E-state index in [0.29, 0.717) is 5.57 Å². The maximum atomic E-state index is 11.0. The molecule has 66 valence electrons. The van der Waals surface area contributed by atoms with Crippen LogP contribution >= 0.6 is 0 Å². The van der Waals surface area contributed by atoms with E-state index < -0.39 is 5.97 Å². The van der Waals surface area contributed by atoms with Gasteiger partial charge in [0, 0.05) is 13.2 Å². The van der Waals surface area contributed by atoms with Crippen LogP contribution in [0.25, 0.3) is 0 Å². The van der Waals surface area contributed by atoms with Gasteiger partial charge in [0.2, 0.25) is 0 Å². The summed E-state index contributed by atoms with van der Waals surface area (Å²) in [5.41, 5.74) is 0.444. The van der Waals surface area contributed by atoms with Gasteiger partial charge in [0.05, 0.1) is 19.2 Å². The first kappa shape index (κ1) is 8.58. The molecule has 0 saturated heterocycles. The highest BCUT2D eigenvalue weighted by Crippen LogP contribution is 2.03. The maximum absolute atomic E-state index is 11.0. The third-order valence-corrected chi connectivity index (χ3v) is 1.55. The van der Waals surface area contributed by atoms with Gasteiger partial charge in [-0.2, -0.15) is 0 Å². The topological polar surface area (TPSA) is 58.6 Å². The van der Waals surface area contributed by atoms with Crippen molar-refractivity contribution in [2.24, 2.45) is 0 Å². The van der Waals surface area contributed by atoms with Crippen molar-refractivity contribution in [1.29, 1.82) is 0 Å². The van der Waals surface area contributed by atoms with Crippen molar-refractivity contribution < 1.29 is 14.3 Å². The summed E-state index contributed by atoms with van der Waals surface area (Å²) >= 11 is 0. The number of urea groups is 1. The molecular weight excluding hydrogens is 160 g/mol. The Morgan fingerprint density at radius 2 is 2.42 bits per heavy atom. The molecule has 0 fully saturated rings. The smallest absolute Gasteiger partial charge is 0.337 e. The highest BCUT2D eigenvalue weighted by atomic mass is 16.5. The van der Waals surface area contributed by atoms with Crippen LogP contribution in [0.2, 0.25) is 0 Å². The predicted molar refractivity (Wildman–Crippen MR) is 41.3 cm³/mol. The normalized spacial score (nSPS) is 16.7. The average molecular weight is 170 g/mol. The van der Waals surface area contributed by atoms with E-state index >= 15 is 0 Å². The molecule has 12 heavy (non-hydrogen) atoms. The number of nitrogens with one attached hydrogen (secondary N) is 1. The Morgan fingerprint density at radius 1 is 1.75 bits per heavy atom. The van der Waals surface area contributed by atoms with Gasteiger partial charge in [-0.25, -0.2) is 9.59 Å². The van der Waals surface area contributed by atoms with Gasteiger partial charge in [-0.3, -0.25) is 0 Å². The van der Waals surface area contributed by atoms with Crippen LogP contribution in [0.3, 0.4) is 0 Å². The van der Waals surface area contributed by atoms with E-state index in [1.54, 1.807) is 7.05 Å². The molecule has 1 aliphatic rings. The Morgan fingerprint density at radius 3 is 2.92 bits per heavy atom. The molecule has 0 atom stereocenters. The lowest BCUT2D eigenvalue weighted by molar-refractivity contribution is -0.136. The summed E-state index contributed by atoms with van der Waals surface area (Å²) < 4.78 is 4.49. The van der Waals surface area contributed by atoms with Crippen molar-refractivity contribution >= 4 is 12.0 Å². The standard InChI is InChI=1S/C7H10N2O3/c1-9-4-5(6(10)12-2)3-8-7(9)11/h4H,3H2,1-2H3,(H,8,11). The average Bonchev–Trinajstić information content (AvgIpc) is 2.08. The molecule has 2 amide bonds. The Hall–Kier alpha value is -1.52. The van der Waals surface area contributed by atoms with Crippen LogP contribution in [-0.2, 0) is 9.53 Å². The lowest BCUT2D eigenvalue weighted by Crippen LogP contribution is -2.41. The second-order valence-electron chi connectivity index (χ2n) is 2.42. The van der Waals surface area contributed by atoms with Gasteiger partial charge < -0.3 is 15.0 Å². The summed E-state index contributed by atoms with van der Waals surface area (Å²) in [5.74, 6) is -0.415. The summed E-state index contributed by atoms with van der Waals surface area (Å²) in [6, 6.07) is -0.220. The summed E-state index contributed by atoms with van der Waals surface area (Å²) in [7, 11) is 2.87. The van der Waals surface area contributed by atoms with Crippen LogP contribution in [0.1, 0.15) is 0 Å². The first-order valence-corrected chi connectivity index (χ1v) is 3.45. The van der Waals surface area contributed by atoms with Gasteiger partial charge in [-0.1, -0.05) is 0 Å². The fourth-order valence-electron chi connectivity index (χ4n) is 0.890. The van der Waals surface area contributed by atoms with Gasteiger partial charge in [0.1, 0.15) is 0 Å². The number of amides is 2. The van der Waals surface area contributed by atoms with Gasteiger partial charge in [0.25, 0.3) is 0 Å². The zero-order valence-electron chi connectivity index (χ0n) is 6.96. The maximum Gasteiger partial charge on any atom is 0.337 e. The van der Waals surface area contributed by atoms with Gasteiger partial charge in [-0.05, 0) is 0 Å². The highest BCUT2D eigenvalue weighted by Gasteiger charge is 2.19. The van der Waals surface area contributed by atoms with Crippen molar-refractivity contribution in [3.05, 3.63) is 11.8 Å². The van der Waals surface area contributed by atoms with E-state index in [4.69, 9.17) is 0 Å². The van der Waals surface area contributed by atoms with Crippen LogP contribution in [0, 0.1) is 0 Å². The van der Waals surface area contributed by atoms with Crippen molar-refractivity contribution in [1.82, 2.24) is 10.2 Å². The fraction of sp³-hybridized carbons (Fsp3) is 0.429. The highest BCUT2D eigenvalue weighted by molar-refractivity contribution is 5.92. The number of ether oxygens (including phenoxy) is 1. The molecule has 1 heterocycles. The molecule has 5 nitrogen and oxygen atoms in total. The number of rotatable bonds is 1. The predicted octanol–water partition coefficient (Wildman–Crippen LogP) is -0.302. The zero-order valence-corrected chi connectivity index (χ0v) is 6.96. The van der Waals surface area contributed by atoms with E-state index in [1.165, 1.54) is 18.2 Å². The summed E-state index contributed by atoms with van der Waals surface area (Å²) in [6.45, 7) is 0.232. The minimum Gasteiger partial charge on any atom is -0.466 e. The van der Waals surface area contributed by atoms with E-state index in [9.17, 15) is 9.59 Å². The van der Waals surface area contributed by atoms with Crippen LogP contribution < -0.4 is 5.32 Å². The molecule has 5 heteroatoms. The summed E-state index contributed by atoms with van der Waals surface area (Å²) in [5, 5.41) is 2.51. The summed E-state index contributed by atoms with van der Waals surface area (Å²) in [4.78, 5) is 23.1. The van der Waals surface area contributed by atoms with E-state index in [-0.39, 0.29) is 12.6 Å². The van der Waals surface area contributed by atoms with E-state index in [0.717, 1.165) is 0 Å². The van der Waals surface area contributed by atoms with E-state index in [2.05, 4.69) is 10.1 Å². The molecular formula is C7H10N2O3. The molecule has 0 bridgehead atoms. The Labute approximate surface area is 70.0 Å². The molecule has 0 radical (unpaired) electrons. The first-order valence-electron chi connectivity index (χ1n) is 3.45. The fourth-order valence-corrected chi connectivity index (χ4v) is 0.890. The second-order valence-corrected chi connectivity index (χ2v) is 2.42. The quantitative estimate of drug-likeness (QED) is 0.549. The van der Waals surface area contributed by atoms with Gasteiger partial charge in [0.15, 0.2) is 0 Å². The Balaban J connectivity index is 2.74. The molecule has 0 aromatic carbocycles. The molecule has 0 aliphatic carbocycles. The number of hydrogen-bond donors (Lipinski definition) is 1. The number of carbonyl (C=O) groups is 2. The van der Waals surface area contributed by atoms with Crippen LogP contribution in [0.5, 0.6) is 0 Å². The monoisotopic (exact) mass is 170 g/mol. The molecule has 0 saturated carbocycles. The number of methoxy groups -OCH3 is 1.